The van der Waals surface area contributed by atoms with Crippen LogP contribution in [-0.2, 0) is 6.54 Å². The number of fused-ring (bicyclic) bond motifs is 1. The molecule has 10 nitrogen and oxygen atoms in total. The van der Waals surface area contributed by atoms with Crippen molar-refractivity contribution in [2.45, 2.75) is 12.6 Å². The molecule has 0 saturated heterocycles. The van der Waals surface area contributed by atoms with Crippen molar-refractivity contribution < 1.29 is 19.0 Å². The molecule has 0 bridgehead atoms. The van der Waals surface area contributed by atoms with Gasteiger partial charge in [-0.05, 0) is 23.3 Å². The maximum absolute atomic E-state index is 12.9. The number of hydrogen-bond donors (Lipinski definition) is 3. The predicted octanol–water partition coefficient (Wildman–Crippen LogP) is 1.84. The SMILES string of the molecule is COc1cc(C2NC(=O)Nc3c2c(=O)[nH]c(=O)n3Cc2ccccc2)cc(OC)c1OC. The van der Waals surface area contributed by atoms with Gasteiger partial charge in [0.1, 0.15) is 5.82 Å². The number of urea groups is 1. The normalized spacial score (nSPS) is 14.7. The quantitative estimate of drug-likeness (QED) is 0.540. The molecule has 166 valence electrons. The van der Waals surface area contributed by atoms with Gasteiger partial charge in [0.2, 0.25) is 5.75 Å². The number of benzene rings is 2. The number of carbonyl (C=O) groups is 1. The molecule has 3 aromatic rings. The van der Waals surface area contributed by atoms with Gasteiger partial charge in [-0.15, -0.1) is 0 Å². The summed E-state index contributed by atoms with van der Waals surface area (Å²) in [4.78, 5) is 40.4. The van der Waals surface area contributed by atoms with Crippen molar-refractivity contribution in [3.8, 4) is 17.2 Å². The van der Waals surface area contributed by atoms with Crippen LogP contribution in [0.4, 0.5) is 10.6 Å². The van der Waals surface area contributed by atoms with Gasteiger partial charge in [0.25, 0.3) is 5.56 Å². The van der Waals surface area contributed by atoms with Gasteiger partial charge in [-0.2, -0.15) is 0 Å². The number of amides is 2. The maximum atomic E-state index is 12.9. The van der Waals surface area contributed by atoms with Crippen molar-refractivity contribution in [1.29, 1.82) is 0 Å². The molecule has 2 aromatic carbocycles. The number of methoxy groups -OCH3 is 3. The lowest BCUT2D eigenvalue weighted by atomic mass is 9.97. The second kappa shape index (κ2) is 8.50. The minimum Gasteiger partial charge on any atom is -0.493 e. The Hall–Kier alpha value is -4.21. The summed E-state index contributed by atoms with van der Waals surface area (Å²) >= 11 is 0. The summed E-state index contributed by atoms with van der Waals surface area (Å²) in [5, 5.41) is 5.36. The Morgan fingerprint density at radius 1 is 0.938 bits per heavy atom. The number of ether oxygens (including phenoxy) is 3. The van der Waals surface area contributed by atoms with E-state index in [9.17, 15) is 14.4 Å². The molecule has 1 aliphatic rings. The fourth-order valence-corrected chi connectivity index (χ4v) is 3.77. The number of anilines is 1. The largest absolute Gasteiger partial charge is 0.493 e. The van der Waals surface area contributed by atoms with Crippen molar-refractivity contribution in [2.75, 3.05) is 26.6 Å². The van der Waals surface area contributed by atoms with Gasteiger partial charge in [0.05, 0.1) is 39.5 Å². The van der Waals surface area contributed by atoms with Crippen LogP contribution in [0.2, 0.25) is 0 Å². The first-order valence-corrected chi connectivity index (χ1v) is 9.75. The van der Waals surface area contributed by atoms with Crippen LogP contribution in [0.25, 0.3) is 0 Å². The summed E-state index contributed by atoms with van der Waals surface area (Å²) in [7, 11) is 4.43. The van der Waals surface area contributed by atoms with Gasteiger partial charge in [0, 0.05) is 0 Å². The Morgan fingerprint density at radius 3 is 2.19 bits per heavy atom. The van der Waals surface area contributed by atoms with E-state index in [0.29, 0.717) is 22.8 Å². The highest BCUT2D eigenvalue weighted by atomic mass is 16.5. The number of rotatable bonds is 6. The van der Waals surface area contributed by atoms with E-state index in [2.05, 4.69) is 15.6 Å². The Morgan fingerprint density at radius 2 is 1.59 bits per heavy atom. The fourth-order valence-electron chi connectivity index (χ4n) is 3.77. The molecule has 4 rings (SSSR count). The maximum Gasteiger partial charge on any atom is 0.330 e. The molecule has 32 heavy (non-hydrogen) atoms. The monoisotopic (exact) mass is 438 g/mol. The summed E-state index contributed by atoms with van der Waals surface area (Å²) in [6.45, 7) is 0.168. The molecule has 2 heterocycles. The number of aromatic amines is 1. The van der Waals surface area contributed by atoms with E-state index in [0.717, 1.165) is 5.56 Å². The Bertz CT molecular complexity index is 1260. The predicted molar refractivity (Wildman–Crippen MR) is 117 cm³/mol. The number of nitrogens with zero attached hydrogens (tertiary/aromatic N) is 1. The molecule has 10 heteroatoms. The van der Waals surface area contributed by atoms with Gasteiger partial charge < -0.3 is 19.5 Å². The van der Waals surface area contributed by atoms with Crippen LogP contribution >= 0.6 is 0 Å². The van der Waals surface area contributed by atoms with Crippen LogP contribution in [0.15, 0.2) is 52.1 Å². The lowest BCUT2D eigenvalue weighted by molar-refractivity contribution is 0.248. The highest BCUT2D eigenvalue weighted by molar-refractivity contribution is 5.92. The minimum absolute atomic E-state index is 0.130. The molecular weight excluding hydrogens is 416 g/mol. The number of aromatic nitrogens is 2. The Kier molecular flexibility index (Phi) is 5.59. The molecule has 2 amide bonds. The van der Waals surface area contributed by atoms with Crippen LogP contribution in [0.5, 0.6) is 17.2 Å². The third kappa shape index (κ3) is 3.66. The van der Waals surface area contributed by atoms with E-state index in [1.54, 1.807) is 12.1 Å². The standard InChI is InChI=1S/C22H22N4O6/c1-30-14-9-13(10-15(31-2)18(14)32-3)17-16-19(24-21(28)23-17)26(22(29)25-20(16)27)11-12-7-5-4-6-8-12/h4-10,17H,11H2,1-3H3,(H2,23,24,28)(H,25,27,29). The van der Waals surface area contributed by atoms with E-state index in [4.69, 9.17) is 14.2 Å². The molecule has 3 N–H and O–H groups in total. The van der Waals surface area contributed by atoms with Crippen LogP contribution < -0.4 is 36.1 Å². The van der Waals surface area contributed by atoms with Crippen molar-refractivity contribution in [1.82, 2.24) is 14.9 Å². The highest BCUT2D eigenvalue weighted by Gasteiger charge is 2.33. The first-order chi connectivity index (χ1) is 15.5. The molecule has 1 aromatic heterocycles. The van der Waals surface area contributed by atoms with Crippen molar-refractivity contribution in [3.63, 3.8) is 0 Å². The fraction of sp³-hybridized carbons (Fsp3) is 0.227. The summed E-state index contributed by atoms with van der Waals surface area (Å²) < 4.78 is 17.5. The van der Waals surface area contributed by atoms with Gasteiger partial charge in [-0.25, -0.2) is 9.59 Å². The molecule has 0 radical (unpaired) electrons. The molecular formula is C22H22N4O6. The van der Waals surface area contributed by atoms with Crippen molar-refractivity contribution in [3.05, 3.63) is 80.0 Å². The smallest absolute Gasteiger partial charge is 0.330 e. The summed E-state index contributed by atoms with van der Waals surface area (Å²) in [5.41, 5.74) is 0.311. The Labute approximate surface area is 182 Å². The van der Waals surface area contributed by atoms with Crippen LogP contribution in [0, 0.1) is 0 Å². The first-order valence-electron chi connectivity index (χ1n) is 9.75. The van der Waals surface area contributed by atoms with E-state index >= 15 is 0 Å². The minimum atomic E-state index is -0.862. The zero-order chi connectivity index (χ0) is 22.8. The highest BCUT2D eigenvalue weighted by Crippen LogP contribution is 2.41. The van der Waals surface area contributed by atoms with Gasteiger partial charge in [-0.3, -0.25) is 19.7 Å². The zero-order valence-electron chi connectivity index (χ0n) is 17.7. The number of H-pyrrole nitrogens is 1. The summed E-state index contributed by atoms with van der Waals surface area (Å²) in [5.74, 6) is 1.24. The summed E-state index contributed by atoms with van der Waals surface area (Å²) in [6.07, 6.45) is 0. The lowest BCUT2D eigenvalue weighted by Gasteiger charge is -2.29. The second-order valence-corrected chi connectivity index (χ2v) is 7.08. The molecule has 0 saturated carbocycles. The van der Waals surface area contributed by atoms with Crippen LogP contribution in [-0.4, -0.2) is 36.9 Å². The molecule has 1 atom stereocenters. The molecule has 0 aliphatic carbocycles. The third-order valence-electron chi connectivity index (χ3n) is 5.24. The number of carbonyl (C=O) groups excluding carboxylic acids is 1. The van der Waals surface area contributed by atoms with E-state index in [1.165, 1.54) is 25.9 Å². The van der Waals surface area contributed by atoms with Gasteiger partial charge in [-0.1, -0.05) is 30.3 Å². The van der Waals surface area contributed by atoms with Gasteiger partial charge >= 0.3 is 11.7 Å². The van der Waals surface area contributed by atoms with Crippen LogP contribution in [0.1, 0.15) is 22.7 Å². The van der Waals surface area contributed by atoms with Crippen molar-refractivity contribution >= 4 is 11.8 Å². The third-order valence-corrected chi connectivity index (χ3v) is 5.24. The number of nitrogens with one attached hydrogen (secondary N) is 3. The molecule has 0 fully saturated rings. The Balaban J connectivity index is 1.91. The first kappa shape index (κ1) is 21.0. The van der Waals surface area contributed by atoms with Crippen molar-refractivity contribution in [2.24, 2.45) is 0 Å². The average molecular weight is 438 g/mol. The second-order valence-electron chi connectivity index (χ2n) is 7.08. The van der Waals surface area contributed by atoms with E-state index in [-0.39, 0.29) is 17.9 Å². The van der Waals surface area contributed by atoms with E-state index in [1.807, 2.05) is 30.3 Å². The lowest BCUT2D eigenvalue weighted by Crippen LogP contribution is -2.46. The molecule has 1 aliphatic heterocycles. The molecule has 1 unspecified atom stereocenters. The summed E-state index contributed by atoms with van der Waals surface area (Å²) in [6, 6.07) is 11.1. The molecule has 0 spiro atoms. The number of hydrogen-bond acceptors (Lipinski definition) is 6. The topological polar surface area (TPSA) is 124 Å². The van der Waals surface area contributed by atoms with Crippen LogP contribution in [0.3, 0.4) is 0 Å². The zero-order valence-corrected chi connectivity index (χ0v) is 17.7. The van der Waals surface area contributed by atoms with Gasteiger partial charge in [0.15, 0.2) is 11.5 Å². The van der Waals surface area contributed by atoms with E-state index < -0.39 is 23.3 Å². The average Bonchev–Trinajstić information content (AvgIpc) is 2.80.